The predicted octanol–water partition coefficient (Wildman–Crippen LogP) is 0.686. The number of nitrogens with zero attached hydrogens (tertiary/aromatic N) is 3. The summed E-state index contributed by atoms with van der Waals surface area (Å²) in [4.78, 5) is 33.7. The Labute approximate surface area is 193 Å². The first-order chi connectivity index (χ1) is 15.7. The number of anilines is 1. The monoisotopic (exact) mass is 484 g/mol. The number of alkyl halides is 3. The largest absolute Gasteiger partial charge is 0.435 e. The smallest absolute Gasteiger partial charge is 0.379 e. The Hall–Kier alpha value is -2.71. The van der Waals surface area contributed by atoms with E-state index in [0.29, 0.717) is 61.8 Å². The molecule has 3 heterocycles. The number of hydrogen-bond donors (Lipinski definition) is 3. The van der Waals surface area contributed by atoms with Crippen molar-refractivity contribution in [3.63, 3.8) is 0 Å². The van der Waals surface area contributed by atoms with E-state index in [2.05, 4.69) is 30.8 Å². The topological polar surface area (TPSA) is 108 Å². The van der Waals surface area contributed by atoms with Gasteiger partial charge in [-0.3, -0.25) is 15.0 Å². The number of thiazole rings is 1. The summed E-state index contributed by atoms with van der Waals surface area (Å²) >= 11 is 0.653. The van der Waals surface area contributed by atoms with Crippen LogP contribution in [-0.2, 0) is 10.9 Å². The van der Waals surface area contributed by atoms with Crippen LogP contribution in [0.15, 0.2) is 12.3 Å². The Morgan fingerprint density at radius 3 is 2.67 bits per heavy atom. The number of halogens is 3. The van der Waals surface area contributed by atoms with E-state index in [1.807, 2.05) is 0 Å². The van der Waals surface area contributed by atoms with Crippen molar-refractivity contribution in [1.29, 1.82) is 0 Å². The number of carbonyl (C=O) groups is 2. The average Bonchev–Trinajstić information content (AvgIpc) is 3.22. The molecule has 3 rings (SSSR count). The molecule has 1 saturated heterocycles. The van der Waals surface area contributed by atoms with Crippen LogP contribution in [0.3, 0.4) is 0 Å². The molecule has 33 heavy (non-hydrogen) atoms. The molecular formula is C19H24BF3N6O3S. The lowest BCUT2D eigenvalue weighted by molar-refractivity contribution is -0.141. The van der Waals surface area contributed by atoms with E-state index in [1.54, 1.807) is 14.8 Å². The number of urea groups is 1. The van der Waals surface area contributed by atoms with Crippen molar-refractivity contribution in [1.82, 2.24) is 25.5 Å². The highest BCUT2D eigenvalue weighted by Crippen LogP contribution is 2.37. The van der Waals surface area contributed by atoms with Crippen LogP contribution in [-0.4, -0.2) is 80.6 Å². The van der Waals surface area contributed by atoms with Crippen molar-refractivity contribution in [3.05, 3.63) is 22.8 Å². The number of morpholine rings is 1. The third-order valence-electron chi connectivity index (χ3n) is 4.83. The van der Waals surface area contributed by atoms with Gasteiger partial charge in [0, 0.05) is 44.5 Å². The molecule has 0 aliphatic carbocycles. The Morgan fingerprint density at radius 2 is 2.00 bits per heavy atom. The molecule has 0 saturated carbocycles. The highest BCUT2D eigenvalue weighted by molar-refractivity contribution is 7.17. The summed E-state index contributed by atoms with van der Waals surface area (Å²) in [6.45, 7) is 5.47. The predicted molar refractivity (Wildman–Crippen MR) is 121 cm³/mol. The van der Waals surface area contributed by atoms with Crippen LogP contribution >= 0.6 is 11.3 Å². The van der Waals surface area contributed by atoms with Gasteiger partial charge < -0.3 is 15.4 Å². The number of nitrogens with one attached hydrogen (secondary N) is 3. The summed E-state index contributed by atoms with van der Waals surface area (Å²) in [6, 6.07) is 0.944. The Kier molecular flexibility index (Phi) is 8.27. The summed E-state index contributed by atoms with van der Waals surface area (Å²) in [6.07, 6.45) is -3.37. The van der Waals surface area contributed by atoms with E-state index in [4.69, 9.17) is 4.74 Å². The molecule has 178 valence electrons. The maximum absolute atomic E-state index is 13.7. The SMILES string of the molecule is Bc1cnc(NC(=O)NCC)cc1-c1nc(C(F)(F)F)c(C(=O)NCCN2CCOCC2)s1. The second-order valence-corrected chi connectivity index (χ2v) is 8.27. The fraction of sp³-hybridized carbons (Fsp3) is 0.474. The van der Waals surface area contributed by atoms with Crippen LogP contribution in [0.2, 0.25) is 0 Å². The van der Waals surface area contributed by atoms with Gasteiger partial charge in [-0.25, -0.2) is 14.8 Å². The third kappa shape index (κ3) is 6.65. The van der Waals surface area contributed by atoms with E-state index in [0.717, 1.165) is 0 Å². The van der Waals surface area contributed by atoms with Gasteiger partial charge in [0.15, 0.2) is 5.69 Å². The minimum absolute atomic E-state index is 0.0134. The molecule has 1 aliphatic rings. The van der Waals surface area contributed by atoms with Gasteiger partial charge in [-0.2, -0.15) is 13.2 Å². The fourth-order valence-electron chi connectivity index (χ4n) is 3.16. The Morgan fingerprint density at radius 1 is 1.27 bits per heavy atom. The van der Waals surface area contributed by atoms with Gasteiger partial charge in [-0.15, -0.1) is 11.3 Å². The van der Waals surface area contributed by atoms with E-state index >= 15 is 0 Å². The zero-order chi connectivity index (χ0) is 24.0. The summed E-state index contributed by atoms with van der Waals surface area (Å²) in [5, 5.41) is 7.63. The number of carbonyl (C=O) groups excluding carboxylic acids is 2. The van der Waals surface area contributed by atoms with E-state index in [9.17, 15) is 22.8 Å². The molecule has 0 spiro atoms. The van der Waals surface area contributed by atoms with Crippen molar-refractivity contribution in [2.24, 2.45) is 0 Å². The highest BCUT2D eigenvalue weighted by Gasteiger charge is 2.40. The number of hydrogen-bond acceptors (Lipinski definition) is 7. The molecule has 0 unspecified atom stereocenters. The maximum atomic E-state index is 13.7. The van der Waals surface area contributed by atoms with Crippen LogP contribution in [0.1, 0.15) is 22.3 Å². The van der Waals surface area contributed by atoms with Gasteiger partial charge in [0.2, 0.25) is 0 Å². The van der Waals surface area contributed by atoms with Crippen LogP contribution < -0.4 is 21.4 Å². The van der Waals surface area contributed by atoms with Crippen molar-refractivity contribution in [2.75, 3.05) is 51.3 Å². The Balaban J connectivity index is 1.81. The molecule has 3 amide bonds. The number of aromatic nitrogens is 2. The second kappa shape index (κ2) is 10.9. The molecule has 2 aromatic rings. The molecule has 3 N–H and O–H groups in total. The first-order valence-electron chi connectivity index (χ1n) is 10.4. The summed E-state index contributed by atoms with van der Waals surface area (Å²) < 4.78 is 46.2. The molecule has 1 aliphatic heterocycles. The second-order valence-electron chi connectivity index (χ2n) is 7.27. The molecule has 0 bridgehead atoms. The molecule has 0 atom stereocenters. The van der Waals surface area contributed by atoms with Gasteiger partial charge in [-0.05, 0) is 13.0 Å². The van der Waals surface area contributed by atoms with E-state index < -0.39 is 28.7 Å². The lowest BCUT2D eigenvalue weighted by Crippen LogP contribution is -2.41. The molecule has 14 heteroatoms. The van der Waals surface area contributed by atoms with Gasteiger partial charge in [-0.1, -0.05) is 5.46 Å². The maximum Gasteiger partial charge on any atom is 0.435 e. The normalized spacial score (nSPS) is 14.7. The molecular weight excluding hydrogens is 460 g/mol. The quantitative estimate of drug-likeness (QED) is 0.500. The van der Waals surface area contributed by atoms with Crippen molar-refractivity contribution in [3.8, 4) is 10.6 Å². The van der Waals surface area contributed by atoms with Crippen LogP contribution in [0.4, 0.5) is 23.8 Å². The number of amides is 3. The van der Waals surface area contributed by atoms with Crippen molar-refractivity contribution < 1.29 is 27.5 Å². The zero-order valence-corrected chi connectivity index (χ0v) is 19.0. The van der Waals surface area contributed by atoms with Crippen molar-refractivity contribution in [2.45, 2.75) is 13.1 Å². The van der Waals surface area contributed by atoms with Crippen LogP contribution in [0, 0.1) is 0 Å². The van der Waals surface area contributed by atoms with E-state index in [-0.39, 0.29) is 17.4 Å². The molecule has 2 aromatic heterocycles. The molecule has 1 fully saturated rings. The lowest BCUT2D eigenvalue weighted by Gasteiger charge is -2.26. The summed E-state index contributed by atoms with van der Waals surface area (Å²) in [7, 11) is 1.66. The number of ether oxygens (including phenoxy) is 1. The average molecular weight is 484 g/mol. The fourth-order valence-corrected chi connectivity index (χ4v) is 4.24. The van der Waals surface area contributed by atoms with Crippen LogP contribution in [0.5, 0.6) is 0 Å². The van der Waals surface area contributed by atoms with Gasteiger partial charge >= 0.3 is 12.2 Å². The van der Waals surface area contributed by atoms with E-state index in [1.165, 1.54) is 12.3 Å². The lowest BCUT2D eigenvalue weighted by atomic mass is 9.93. The molecule has 0 radical (unpaired) electrons. The molecule has 9 nitrogen and oxygen atoms in total. The molecule has 0 aromatic carbocycles. The highest BCUT2D eigenvalue weighted by atomic mass is 32.1. The number of rotatable bonds is 7. The standard InChI is InChI=1S/C19H24BF3N6O3S/c1-2-24-18(31)27-13-9-11(12(20)10-26-13)17-28-15(19(21,22)23)14(33-17)16(30)25-3-4-29-5-7-32-8-6-29/h9-10H,2-8,20H2,1H3,(H,25,30)(H2,24,26,27,31). The minimum atomic E-state index is -4.80. The summed E-state index contributed by atoms with van der Waals surface area (Å²) in [5.41, 5.74) is -0.335. The first-order valence-corrected chi connectivity index (χ1v) is 11.2. The van der Waals surface area contributed by atoms with Crippen molar-refractivity contribution >= 4 is 42.4 Å². The van der Waals surface area contributed by atoms with Gasteiger partial charge in [0.25, 0.3) is 5.91 Å². The third-order valence-corrected chi connectivity index (χ3v) is 5.92. The Bertz CT molecular complexity index is 998. The van der Waals surface area contributed by atoms with Gasteiger partial charge in [0.05, 0.1) is 13.2 Å². The first kappa shape index (κ1) is 24.9. The number of pyridine rings is 1. The minimum Gasteiger partial charge on any atom is -0.379 e. The zero-order valence-electron chi connectivity index (χ0n) is 18.2. The van der Waals surface area contributed by atoms with Crippen LogP contribution in [0.25, 0.3) is 10.6 Å². The summed E-state index contributed by atoms with van der Waals surface area (Å²) in [5.74, 6) is -0.673. The van der Waals surface area contributed by atoms with Gasteiger partial charge in [0.1, 0.15) is 23.5 Å².